The van der Waals surface area contributed by atoms with E-state index in [0.29, 0.717) is 36.4 Å². The van der Waals surface area contributed by atoms with Crippen molar-refractivity contribution in [3.05, 3.63) is 35.7 Å². The Bertz CT molecular complexity index is 1060. The Morgan fingerprint density at radius 1 is 1.40 bits per heavy atom. The number of anilines is 2. The molecule has 0 bridgehead atoms. The third kappa shape index (κ3) is 3.79. The summed E-state index contributed by atoms with van der Waals surface area (Å²) in [4.78, 5) is 28.9. The molecule has 30 heavy (non-hydrogen) atoms. The number of carbonyl (C=O) groups excluding carboxylic acids is 2. The average molecular weight is 409 g/mol. The SMILES string of the molecule is C=C1NC(=O)C/C1=C\c1cnn2c(NC3CC3)cc(NC(=O)C3CNCCO3)nc12. The summed E-state index contributed by atoms with van der Waals surface area (Å²) in [5, 5.41) is 16.6. The standard InChI is InChI=1S/C20H23N7O3/c1-11-12(7-18(28)23-11)6-13-9-22-27-17(24-14-2-3-14)8-16(25-19(13)27)26-20(29)15-10-21-4-5-30-15/h6,8-9,14-15,21,24H,1-5,7,10H2,(H,23,28)(H,25,26,29)/b12-6+. The van der Waals surface area contributed by atoms with Crippen LogP contribution >= 0.6 is 0 Å². The first-order chi connectivity index (χ1) is 14.6. The fourth-order valence-corrected chi connectivity index (χ4v) is 3.52. The van der Waals surface area contributed by atoms with E-state index < -0.39 is 6.10 Å². The Morgan fingerprint density at radius 2 is 2.27 bits per heavy atom. The zero-order chi connectivity index (χ0) is 20.7. The average Bonchev–Trinajstić information content (AvgIpc) is 3.37. The zero-order valence-electron chi connectivity index (χ0n) is 16.4. The van der Waals surface area contributed by atoms with Gasteiger partial charge < -0.3 is 26.0 Å². The number of nitrogens with one attached hydrogen (secondary N) is 4. The van der Waals surface area contributed by atoms with Crippen molar-refractivity contribution >= 4 is 35.2 Å². The Balaban J connectivity index is 1.49. The molecule has 4 N–H and O–H groups in total. The third-order valence-corrected chi connectivity index (χ3v) is 5.26. The summed E-state index contributed by atoms with van der Waals surface area (Å²) in [7, 11) is 0. The highest BCUT2D eigenvalue weighted by Crippen LogP contribution is 2.28. The Labute approximate surface area is 172 Å². The van der Waals surface area contributed by atoms with Crippen LogP contribution in [0.5, 0.6) is 0 Å². The molecule has 2 aromatic rings. The van der Waals surface area contributed by atoms with Gasteiger partial charge in [-0.05, 0) is 24.5 Å². The molecular formula is C20H23N7O3. The van der Waals surface area contributed by atoms with E-state index in [1.54, 1.807) is 16.8 Å². The molecule has 2 amide bonds. The van der Waals surface area contributed by atoms with Crippen LogP contribution in [-0.2, 0) is 14.3 Å². The Hall–Kier alpha value is -3.24. The largest absolute Gasteiger partial charge is 0.367 e. The molecule has 10 nitrogen and oxygen atoms in total. The molecule has 156 valence electrons. The number of amides is 2. The van der Waals surface area contributed by atoms with Gasteiger partial charge in [0.15, 0.2) is 5.65 Å². The summed E-state index contributed by atoms with van der Waals surface area (Å²) < 4.78 is 7.24. The van der Waals surface area contributed by atoms with E-state index in [2.05, 4.69) is 37.9 Å². The quantitative estimate of drug-likeness (QED) is 0.572. The number of hydrogen-bond donors (Lipinski definition) is 4. The molecule has 3 aliphatic rings. The lowest BCUT2D eigenvalue weighted by Crippen LogP contribution is -2.45. The molecule has 10 heteroatoms. The van der Waals surface area contributed by atoms with Crippen LogP contribution in [0.3, 0.4) is 0 Å². The van der Waals surface area contributed by atoms with Crippen LogP contribution in [0.25, 0.3) is 11.7 Å². The van der Waals surface area contributed by atoms with Gasteiger partial charge in [-0.25, -0.2) is 4.98 Å². The lowest BCUT2D eigenvalue weighted by atomic mass is 10.1. The monoisotopic (exact) mass is 409 g/mol. The number of carbonyl (C=O) groups is 2. The Morgan fingerprint density at radius 3 is 2.97 bits per heavy atom. The van der Waals surface area contributed by atoms with Crippen molar-refractivity contribution < 1.29 is 14.3 Å². The van der Waals surface area contributed by atoms with Gasteiger partial charge in [0.05, 0.1) is 19.2 Å². The van der Waals surface area contributed by atoms with Gasteiger partial charge in [0.1, 0.15) is 17.7 Å². The Kier molecular flexibility index (Phi) is 4.72. The maximum absolute atomic E-state index is 12.6. The molecule has 3 fully saturated rings. The fourth-order valence-electron chi connectivity index (χ4n) is 3.52. The minimum Gasteiger partial charge on any atom is -0.367 e. The van der Waals surface area contributed by atoms with Crippen LogP contribution in [0.15, 0.2) is 30.1 Å². The second kappa shape index (κ2) is 7.54. The summed E-state index contributed by atoms with van der Waals surface area (Å²) in [5.41, 5.74) is 2.71. The molecule has 0 aromatic carbocycles. The second-order valence-electron chi connectivity index (χ2n) is 7.71. The number of hydrogen-bond acceptors (Lipinski definition) is 7. The predicted octanol–water partition coefficient (Wildman–Crippen LogP) is 0.647. The normalized spacial score (nSPS) is 23.1. The number of nitrogens with zero attached hydrogens (tertiary/aromatic N) is 3. The van der Waals surface area contributed by atoms with Crippen molar-refractivity contribution in [2.45, 2.75) is 31.4 Å². The third-order valence-electron chi connectivity index (χ3n) is 5.26. The zero-order valence-corrected chi connectivity index (χ0v) is 16.4. The number of fused-ring (bicyclic) bond motifs is 1. The molecule has 2 aliphatic heterocycles. The van der Waals surface area contributed by atoms with Crippen LogP contribution in [0.4, 0.5) is 11.6 Å². The number of allylic oxidation sites excluding steroid dienone is 1. The molecule has 5 rings (SSSR count). The fraction of sp³-hybridized carbons (Fsp3) is 0.400. The number of aromatic nitrogens is 3. The molecular weight excluding hydrogens is 386 g/mol. The van der Waals surface area contributed by atoms with Gasteiger partial charge in [-0.15, -0.1) is 0 Å². The maximum atomic E-state index is 12.6. The van der Waals surface area contributed by atoms with Crippen molar-refractivity contribution in [2.75, 3.05) is 30.3 Å². The van der Waals surface area contributed by atoms with E-state index in [0.717, 1.165) is 36.3 Å². The first kappa shape index (κ1) is 18.8. The molecule has 0 spiro atoms. The van der Waals surface area contributed by atoms with Gasteiger partial charge in [0.2, 0.25) is 5.91 Å². The van der Waals surface area contributed by atoms with Gasteiger partial charge in [0.25, 0.3) is 5.91 Å². The van der Waals surface area contributed by atoms with E-state index >= 15 is 0 Å². The molecule has 1 unspecified atom stereocenters. The molecule has 1 aliphatic carbocycles. The first-order valence-corrected chi connectivity index (χ1v) is 10.0. The second-order valence-corrected chi connectivity index (χ2v) is 7.71. The predicted molar refractivity (Wildman–Crippen MR) is 111 cm³/mol. The van der Waals surface area contributed by atoms with Gasteiger partial charge >= 0.3 is 0 Å². The van der Waals surface area contributed by atoms with Crippen molar-refractivity contribution in [1.29, 1.82) is 0 Å². The minimum atomic E-state index is -0.554. The molecule has 1 atom stereocenters. The highest BCUT2D eigenvalue weighted by molar-refractivity contribution is 5.94. The van der Waals surface area contributed by atoms with E-state index in [9.17, 15) is 9.59 Å². The molecule has 2 saturated heterocycles. The van der Waals surface area contributed by atoms with Gasteiger partial charge in [-0.3, -0.25) is 9.59 Å². The van der Waals surface area contributed by atoms with Crippen LogP contribution in [0.1, 0.15) is 24.8 Å². The van der Waals surface area contributed by atoms with Crippen LogP contribution < -0.4 is 21.3 Å². The topological polar surface area (TPSA) is 122 Å². The van der Waals surface area contributed by atoms with Crippen molar-refractivity contribution in [3.63, 3.8) is 0 Å². The summed E-state index contributed by atoms with van der Waals surface area (Å²) in [6, 6.07) is 2.18. The van der Waals surface area contributed by atoms with E-state index in [-0.39, 0.29) is 18.2 Å². The summed E-state index contributed by atoms with van der Waals surface area (Å²) in [5.74, 6) is 0.852. The van der Waals surface area contributed by atoms with Crippen molar-refractivity contribution in [1.82, 2.24) is 25.2 Å². The van der Waals surface area contributed by atoms with Crippen LogP contribution in [-0.4, -0.2) is 58.3 Å². The molecule has 4 heterocycles. The number of morpholine rings is 1. The van der Waals surface area contributed by atoms with Crippen molar-refractivity contribution in [2.24, 2.45) is 0 Å². The van der Waals surface area contributed by atoms with Crippen LogP contribution in [0.2, 0.25) is 0 Å². The van der Waals surface area contributed by atoms with E-state index in [4.69, 9.17) is 4.74 Å². The van der Waals surface area contributed by atoms with Gasteiger partial charge in [-0.2, -0.15) is 9.61 Å². The number of rotatable bonds is 5. The van der Waals surface area contributed by atoms with Gasteiger partial charge in [0, 0.05) is 36.5 Å². The van der Waals surface area contributed by atoms with E-state index in [1.165, 1.54) is 0 Å². The summed E-state index contributed by atoms with van der Waals surface area (Å²) in [6.07, 6.45) is 5.46. The molecule has 1 saturated carbocycles. The minimum absolute atomic E-state index is 0.0826. The van der Waals surface area contributed by atoms with Crippen LogP contribution in [0, 0.1) is 0 Å². The lowest BCUT2D eigenvalue weighted by Gasteiger charge is -2.22. The summed E-state index contributed by atoms with van der Waals surface area (Å²) in [6.45, 7) is 5.58. The lowest BCUT2D eigenvalue weighted by molar-refractivity contribution is -0.128. The highest BCUT2D eigenvalue weighted by Gasteiger charge is 2.26. The first-order valence-electron chi connectivity index (χ1n) is 10.0. The highest BCUT2D eigenvalue weighted by atomic mass is 16.5. The van der Waals surface area contributed by atoms with Gasteiger partial charge in [-0.1, -0.05) is 6.58 Å². The number of ether oxygens (including phenoxy) is 1. The molecule has 0 radical (unpaired) electrons. The van der Waals surface area contributed by atoms with Crippen molar-refractivity contribution in [3.8, 4) is 0 Å². The molecule has 2 aromatic heterocycles. The maximum Gasteiger partial charge on any atom is 0.255 e. The smallest absolute Gasteiger partial charge is 0.255 e. The van der Waals surface area contributed by atoms with E-state index in [1.807, 2.05) is 6.08 Å². The summed E-state index contributed by atoms with van der Waals surface area (Å²) >= 11 is 0.